The van der Waals surface area contributed by atoms with E-state index in [2.05, 4.69) is 46.0 Å². The molecular weight excluding hydrogens is 472 g/mol. The third-order valence-electron chi connectivity index (χ3n) is 11.8. The van der Waals surface area contributed by atoms with Gasteiger partial charge in [-0.1, -0.05) is 65.5 Å². The van der Waals surface area contributed by atoms with Crippen molar-refractivity contribution in [1.82, 2.24) is 10.2 Å². The van der Waals surface area contributed by atoms with Crippen molar-refractivity contribution in [2.45, 2.75) is 111 Å². The molecule has 2 N–H and O–H groups in total. The Balaban J connectivity index is 1.33. The highest BCUT2D eigenvalue weighted by Gasteiger charge is 2.59. The monoisotopic (exact) mass is 530 g/mol. The summed E-state index contributed by atoms with van der Waals surface area (Å²) in [5, 5.41) is 11.9. The molecule has 0 aromatic rings. The standard InChI is InChI=1S/C33H58N2O3/c1-23(2)8-7-9-24(3)28-12-13-29-27-11-10-25-22-26(38-31(37)34-18-19-35(6)20-21-36)14-16-32(25,4)30(27)15-17-33(28,29)5/h10,23-24,26-30,36H,7-9,11-22H2,1-6H3,(H,34,37)/t24-,26+,27+,28-,29+,30+,32+,33-/m1/s1. The third-order valence-corrected chi connectivity index (χ3v) is 11.8. The van der Waals surface area contributed by atoms with E-state index in [1.165, 1.54) is 51.4 Å². The van der Waals surface area contributed by atoms with Crippen molar-refractivity contribution < 1.29 is 14.6 Å². The minimum absolute atomic E-state index is 0.00236. The molecular formula is C33H58N2O3. The number of aliphatic hydroxyl groups excluding tert-OH is 1. The first-order valence-corrected chi connectivity index (χ1v) is 16.0. The maximum absolute atomic E-state index is 12.4. The van der Waals surface area contributed by atoms with Crippen LogP contribution >= 0.6 is 0 Å². The number of allylic oxidation sites excluding steroid dienone is 1. The van der Waals surface area contributed by atoms with Gasteiger partial charge in [-0.05, 0) is 98.3 Å². The molecule has 3 saturated carbocycles. The molecule has 0 spiro atoms. The third kappa shape index (κ3) is 6.29. The van der Waals surface area contributed by atoms with Crippen LogP contribution in [0.15, 0.2) is 11.6 Å². The van der Waals surface area contributed by atoms with Crippen LogP contribution in [0.25, 0.3) is 0 Å². The molecule has 5 nitrogen and oxygen atoms in total. The lowest BCUT2D eigenvalue weighted by Crippen LogP contribution is -2.51. The highest BCUT2D eigenvalue weighted by atomic mass is 16.6. The number of nitrogens with one attached hydrogen (secondary N) is 1. The molecule has 5 heteroatoms. The van der Waals surface area contributed by atoms with Gasteiger partial charge in [-0.2, -0.15) is 0 Å². The highest BCUT2D eigenvalue weighted by molar-refractivity contribution is 5.67. The molecule has 0 unspecified atom stereocenters. The predicted octanol–water partition coefficient (Wildman–Crippen LogP) is 7.05. The van der Waals surface area contributed by atoms with E-state index in [1.807, 2.05) is 11.9 Å². The summed E-state index contributed by atoms with van der Waals surface area (Å²) in [6.07, 6.45) is 16.4. The molecule has 38 heavy (non-hydrogen) atoms. The number of ether oxygens (including phenoxy) is 1. The fourth-order valence-corrected chi connectivity index (χ4v) is 9.58. The Hall–Kier alpha value is -1.07. The number of aliphatic hydroxyl groups is 1. The maximum Gasteiger partial charge on any atom is 0.407 e. The summed E-state index contributed by atoms with van der Waals surface area (Å²) in [6.45, 7) is 14.5. The lowest BCUT2D eigenvalue weighted by Gasteiger charge is -2.58. The van der Waals surface area contributed by atoms with E-state index in [-0.39, 0.29) is 24.2 Å². The molecule has 0 aromatic carbocycles. The molecule has 1 amide bonds. The smallest absolute Gasteiger partial charge is 0.407 e. The average Bonchev–Trinajstić information content (AvgIpc) is 3.21. The van der Waals surface area contributed by atoms with E-state index < -0.39 is 0 Å². The van der Waals surface area contributed by atoms with E-state index in [9.17, 15) is 4.79 Å². The van der Waals surface area contributed by atoms with Crippen LogP contribution in [0, 0.1) is 46.3 Å². The zero-order chi connectivity index (χ0) is 27.5. The molecule has 4 rings (SSSR count). The van der Waals surface area contributed by atoms with Gasteiger partial charge in [0.1, 0.15) is 6.10 Å². The van der Waals surface area contributed by atoms with Crippen molar-refractivity contribution in [2.24, 2.45) is 46.3 Å². The van der Waals surface area contributed by atoms with Gasteiger partial charge in [-0.3, -0.25) is 0 Å². The zero-order valence-electron chi connectivity index (χ0n) is 25.4. The number of nitrogens with zero attached hydrogens (tertiary/aromatic N) is 1. The van der Waals surface area contributed by atoms with E-state index in [1.54, 1.807) is 5.57 Å². The Morgan fingerprint density at radius 3 is 2.63 bits per heavy atom. The number of hydrogen-bond donors (Lipinski definition) is 2. The molecule has 218 valence electrons. The SMILES string of the molecule is CC(C)CCC[C@@H](C)[C@H]1CC[C@H]2[C@@H]3CC=C4C[C@@H](OC(=O)NCCN(C)CCO)CC[C@]4(C)[C@H]3CC[C@]12C. The number of carbonyl (C=O) groups is 1. The molecule has 3 fully saturated rings. The number of hydrogen-bond acceptors (Lipinski definition) is 4. The molecule has 0 heterocycles. The van der Waals surface area contributed by atoms with Gasteiger partial charge in [-0.15, -0.1) is 0 Å². The number of likely N-dealkylation sites (N-methyl/N-ethyl adjacent to an activating group) is 1. The fraction of sp³-hybridized carbons (Fsp3) is 0.909. The minimum Gasteiger partial charge on any atom is -0.446 e. The van der Waals surface area contributed by atoms with Crippen molar-refractivity contribution in [3.8, 4) is 0 Å². The summed E-state index contributed by atoms with van der Waals surface area (Å²) in [5.41, 5.74) is 2.39. The van der Waals surface area contributed by atoms with Crippen LogP contribution in [0.5, 0.6) is 0 Å². The lowest BCUT2D eigenvalue weighted by molar-refractivity contribution is -0.0581. The van der Waals surface area contributed by atoms with Gasteiger partial charge in [0.25, 0.3) is 0 Å². The molecule has 0 aliphatic heterocycles. The fourth-order valence-electron chi connectivity index (χ4n) is 9.58. The Bertz CT molecular complexity index is 827. The van der Waals surface area contributed by atoms with Crippen LogP contribution in [0.1, 0.15) is 105 Å². The van der Waals surface area contributed by atoms with E-state index in [0.717, 1.165) is 54.8 Å². The van der Waals surface area contributed by atoms with Gasteiger partial charge in [0, 0.05) is 26.1 Å². The Morgan fingerprint density at radius 2 is 1.89 bits per heavy atom. The van der Waals surface area contributed by atoms with Crippen LogP contribution in [0.2, 0.25) is 0 Å². The molecule has 0 aromatic heterocycles. The Labute approximate surface area is 233 Å². The Kier molecular flexibility index (Phi) is 9.93. The average molecular weight is 531 g/mol. The van der Waals surface area contributed by atoms with E-state index in [4.69, 9.17) is 9.84 Å². The van der Waals surface area contributed by atoms with E-state index in [0.29, 0.717) is 25.0 Å². The highest BCUT2D eigenvalue weighted by Crippen LogP contribution is 2.67. The maximum atomic E-state index is 12.4. The second kappa shape index (κ2) is 12.6. The first-order chi connectivity index (χ1) is 18.1. The molecule has 4 aliphatic carbocycles. The number of amides is 1. The second-order valence-corrected chi connectivity index (χ2v) is 14.5. The van der Waals surface area contributed by atoms with Crippen LogP contribution < -0.4 is 5.32 Å². The van der Waals surface area contributed by atoms with Crippen molar-refractivity contribution in [1.29, 1.82) is 0 Å². The van der Waals surface area contributed by atoms with Crippen molar-refractivity contribution in [2.75, 3.05) is 33.3 Å². The summed E-state index contributed by atoms with van der Waals surface area (Å²) in [6, 6.07) is 0. The first kappa shape index (κ1) is 29.9. The summed E-state index contributed by atoms with van der Waals surface area (Å²) in [4.78, 5) is 14.4. The van der Waals surface area contributed by atoms with Gasteiger partial charge in [0.05, 0.1) is 6.61 Å². The van der Waals surface area contributed by atoms with Crippen molar-refractivity contribution >= 4 is 6.09 Å². The summed E-state index contributed by atoms with van der Waals surface area (Å²) in [7, 11) is 1.95. The summed E-state index contributed by atoms with van der Waals surface area (Å²) in [5.74, 6) is 5.12. The van der Waals surface area contributed by atoms with Gasteiger partial charge >= 0.3 is 6.09 Å². The van der Waals surface area contributed by atoms with Crippen molar-refractivity contribution in [3.63, 3.8) is 0 Å². The Morgan fingerprint density at radius 1 is 1.11 bits per heavy atom. The minimum atomic E-state index is -0.293. The molecule has 4 aliphatic rings. The van der Waals surface area contributed by atoms with Crippen LogP contribution in [0.4, 0.5) is 4.79 Å². The van der Waals surface area contributed by atoms with Crippen LogP contribution in [-0.4, -0.2) is 55.5 Å². The number of carbonyl (C=O) groups excluding carboxylic acids is 1. The first-order valence-electron chi connectivity index (χ1n) is 16.0. The molecule has 0 radical (unpaired) electrons. The quantitative estimate of drug-likeness (QED) is 0.281. The topological polar surface area (TPSA) is 61.8 Å². The number of rotatable bonds is 11. The summed E-state index contributed by atoms with van der Waals surface area (Å²) >= 11 is 0. The van der Waals surface area contributed by atoms with Gasteiger partial charge < -0.3 is 20.1 Å². The predicted molar refractivity (Wildman–Crippen MR) is 156 cm³/mol. The molecule has 0 bridgehead atoms. The lowest BCUT2D eigenvalue weighted by atomic mass is 9.47. The van der Waals surface area contributed by atoms with Gasteiger partial charge in [-0.25, -0.2) is 4.79 Å². The van der Waals surface area contributed by atoms with Gasteiger partial charge in [0.2, 0.25) is 0 Å². The number of fused-ring (bicyclic) bond motifs is 5. The molecule has 0 saturated heterocycles. The van der Waals surface area contributed by atoms with E-state index >= 15 is 0 Å². The second-order valence-electron chi connectivity index (χ2n) is 14.5. The zero-order valence-corrected chi connectivity index (χ0v) is 25.4. The largest absolute Gasteiger partial charge is 0.446 e. The van der Waals surface area contributed by atoms with Crippen LogP contribution in [-0.2, 0) is 4.74 Å². The molecule has 8 atom stereocenters. The number of alkyl carbamates (subject to hydrolysis) is 1. The van der Waals surface area contributed by atoms with Crippen molar-refractivity contribution in [3.05, 3.63) is 11.6 Å². The van der Waals surface area contributed by atoms with Crippen LogP contribution in [0.3, 0.4) is 0 Å². The normalized spacial score (nSPS) is 37.3. The van der Waals surface area contributed by atoms with Gasteiger partial charge in [0.15, 0.2) is 0 Å². The summed E-state index contributed by atoms with van der Waals surface area (Å²) < 4.78 is 5.88.